The van der Waals surface area contributed by atoms with E-state index in [0.717, 1.165) is 17.8 Å². The molecule has 0 aliphatic heterocycles. The van der Waals surface area contributed by atoms with Gasteiger partial charge in [-0.05, 0) is 48.7 Å². The molecule has 32 heavy (non-hydrogen) atoms. The van der Waals surface area contributed by atoms with Gasteiger partial charge >= 0.3 is 6.18 Å². The number of aryl methyl sites for hydroxylation is 1. The van der Waals surface area contributed by atoms with Gasteiger partial charge in [-0.3, -0.25) is 4.79 Å². The molecule has 0 saturated carbocycles. The molecule has 0 aliphatic carbocycles. The minimum Gasteiger partial charge on any atom is -0.382 e. The lowest BCUT2D eigenvalue weighted by molar-refractivity contribution is -0.137. The lowest BCUT2D eigenvalue weighted by atomic mass is 10.1. The zero-order valence-corrected chi connectivity index (χ0v) is 16.9. The lowest BCUT2D eigenvalue weighted by Crippen LogP contribution is -2.22. The number of anilines is 1. The zero-order valence-electron chi connectivity index (χ0n) is 16.9. The molecule has 0 unspecified atom stereocenters. The minimum absolute atomic E-state index is 0.252. The predicted octanol–water partition coefficient (Wildman–Crippen LogP) is 4.11. The van der Waals surface area contributed by atoms with Crippen LogP contribution in [0.15, 0.2) is 60.7 Å². The third-order valence-electron chi connectivity index (χ3n) is 4.64. The maximum Gasteiger partial charge on any atom is 0.416 e. The first-order chi connectivity index (χ1) is 15.3. The summed E-state index contributed by atoms with van der Waals surface area (Å²) >= 11 is 0. The highest BCUT2D eigenvalue weighted by atomic mass is 19.4. The van der Waals surface area contributed by atoms with Crippen LogP contribution in [0.5, 0.6) is 0 Å². The summed E-state index contributed by atoms with van der Waals surface area (Å²) in [6.07, 6.45) is -1.02. The van der Waals surface area contributed by atoms with Crippen molar-refractivity contribution in [3.05, 3.63) is 83.1 Å². The molecule has 0 atom stereocenters. The van der Waals surface area contributed by atoms with Gasteiger partial charge in [0, 0.05) is 12.6 Å². The van der Waals surface area contributed by atoms with Crippen LogP contribution in [0, 0.1) is 11.3 Å². The predicted molar refractivity (Wildman–Crippen MR) is 115 cm³/mol. The molecule has 0 spiro atoms. The summed E-state index contributed by atoms with van der Waals surface area (Å²) < 4.78 is 39.8. The molecule has 3 N–H and O–H groups in total. The molecule has 1 heterocycles. The van der Waals surface area contributed by atoms with Crippen molar-refractivity contribution in [2.45, 2.75) is 19.0 Å². The molecule has 1 amide bonds. The number of halogens is 3. The monoisotopic (exact) mass is 439 g/mol. The van der Waals surface area contributed by atoms with E-state index in [-0.39, 0.29) is 11.4 Å². The van der Waals surface area contributed by atoms with Gasteiger partial charge in [0.1, 0.15) is 17.5 Å². The number of nitriles is 1. The maximum atomic E-state index is 12.8. The van der Waals surface area contributed by atoms with Gasteiger partial charge in [-0.1, -0.05) is 30.3 Å². The Hall–Kier alpha value is -4.06. The van der Waals surface area contributed by atoms with E-state index >= 15 is 0 Å². The van der Waals surface area contributed by atoms with Crippen molar-refractivity contribution >= 4 is 17.8 Å². The molecule has 6 nitrogen and oxygen atoms in total. The van der Waals surface area contributed by atoms with E-state index in [2.05, 4.69) is 16.5 Å². The number of nitrogen functional groups attached to an aromatic ring is 1. The number of aromatic nitrogens is 2. The molecule has 0 radical (unpaired) electrons. The lowest BCUT2D eigenvalue weighted by Gasteiger charge is -2.06. The van der Waals surface area contributed by atoms with Crippen molar-refractivity contribution in [1.29, 1.82) is 5.26 Å². The number of rotatable bonds is 7. The summed E-state index contributed by atoms with van der Waals surface area (Å²) in [5, 5.41) is 16.5. The van der Waals surface area contributed by atoms with E-state index in [9.17, 15) is 23.2 Å². The van der Waals surface area contributed by atoms with Gasteiger partial charge in [0.25, 0.3) is 0 Å². The van der Waals surface area contributed by atoms with Crippen LogP contribution in [0.25, 0.3) is 11.8 Å². The fourth-order valence-electron chi connectivity index (χ4n) is 3.06. The van der Waals surface area contributed by atoms with Gasteiger partial charge in [0.05, 0.1) is 16.9 Å². The third kappa shape index (κ3) is 5.55. The number of hydrogen-bond donors (Lipinski definition) is 2. The fraction of sp³-hybridized carbons (Fsp3) is 0.174. The summed E-state index contributed by atoms with van der Waals surface area (Å²) in [5.41, 5.74) is 7.12. The van der Waals surface area contributed by atoms with Crippen LogP contribution in [0.1, 0.15) is 28.8 Å². The molecule has 0 bridgehead atoms. The van der Waals surface area contributed by atoms with Crippen molar-refractivity contribution in [3.63, 3.8) is 0 Å². The first-order valence-electron chi connectivity index (χ1n) is 9.75. The number of amides is 1. The fourth-order valence-corrected chi connectivity index (χ4v) is 3.06. The van der Waals surface area contributed by atoms with Crippen LogP contribution < -0.4 is 11.1 Å². The number of nitrogens with one attached hydrogen (secondary N) is 1. The summed E-state index contributed by atoms with van der Waals surface area (Å²) in [6, 6.07) is 16.0. The largest absolute Gasteiger partial charge is 0.416 e. The van der Waals surface area contributed by atoms with Crippen molar-refractivity contribution in [3.8, 4) is 11.8 Å². The molecule has 0 fully saturated rings. The number of nitrogens with zero attached hydrogens (tertiary/aromatic N) is 3. The van der Waals surface area contributed by atoms with Gasteiger partial charge in [0.15, 0.2) is 0 Å². The Morgan fingerprint density at radius 2 is 1.94 bits per heavy atom. The van der Waals surface area contributed by atoms with Crippen LogP contribution >= 0.6 is 0 Å². The molecule has 164 valence electrons. The van der Waals surface area contributed by atoms with E-state index in [1.807, 2.05) is 30.3 Å². The Morgan fingerprint density at radius 3 is 2.62 bits per heavy atom. The van der Waals surface area contributed by atoms with E-state index in [4.69, 9.17) is 5.73 Å². The van der Waals surface area contributed by atoms with Gasteiger partial charge in [0.2, 0.25) is 5.91 Å². The zero-order chi connectivity index (χ0) is 23.1. The van der Waals surface area contributed by atoms with Crippen molar-refractivity contribution in [2.24, 2.45) is 0 Å². The maximum absolute atomic E-state index is 12.8. The van der Waals surface area contributed by atoms with Crippen molar-refractivity contribution in [2.75, 3.05) is 12.3 Å². The topological polar surface area (TPSA) is 96.7 Å². The highest BCUT2D eigenvalue weighted by molar-refractivity contribution is 5.91. The van der Waals surface area contributed by atoms with Gasteiger partial charge in [-0.2, -0.15) is 23.5 Å². The highest BCUT2D eigenvalue weighted by Gasteiger charge is 2.30. The minimum atomic E-state index is -4.44. The Balaban J connectivity index is 1.55. The second kappa shape index (κ2) is 9.83. The second-order valence-electron chi connectivity index (χ2n) is 6.92. The highest BCUT2D eigenvalue weighted by Crippen LogP contribution is 2.29. The average molecular weight is 439 g/mol. The first-order valence-corrected chi connectivity index (χ1v) is 9.75. The Kier molecular flexibility index (Phi) is 6.95. The van der Waals surface area contributed by atoms with E-state index in [1.165, 1.54) is 29.0 Å². The molecule has 0 aliphatic rings. The SMILES string of the molecule is N#Cc1c(CCCNC(=O)/C=C/c2cccc(C(F)(F)F)c2)nn(-c2ccccc2)c1N. The molecule has 1 aromatic heterocycles. The molecule has 2 aromatic carbocycles. The van der Waals surface area contributed by atoms with Gasteiger partial charge in [-0.15, -0.1) is 0 Å². The number of nitrogens with two attached hydrogens (primary N) is 1. The van der Waals surface area contributed by atoms with Crippen LogP contribution in [-0.4, -0.2) is 22.2 Å². The number of para-hydroxylation sites is 1. The molecule has 3 aromatic rings. The van der Waals surface area contributed by atoms with Crippen LogP contribution in [0.4, 0.5) is 19.0 Å². The van der Waals surface area contributed by atoms with Gasteiger partial charge < -0.3 is 11.1 Å². The normalized spacial score (nSPS) is 11.4. The number of hydrogen-bond acceptors (Lipinski definition) is 4. The van der Waals surface area contributed by atoms with E-state index in [0.29, 0.717) is 30.6 Å². The van der Waals surface area contributed by atoms with Crippen LogP contribution in [0.3, 0.4) is 0 Å². The molecule has 9 heteroatoms. The first kappa shape index (κ1) is 22.6. The summed E-state index contributed by atoms with van der Waals surface area (Å²) in [4.78, 5) is 12.0. The number of alkyl halides is 3. The standard InChI is InChI=1S/C23H20F3N5O/c24-23(25,26)17-7-4-6-16(14-17)11-12-21(32)29-13-5-10-20-19(15-27)22(28)31(30-20)18-8-2-1-3-9-18/h1-4,6-9,11-12,14H,5,10,13,28H2,(H,29,32)/b12-11+. The quantitative estimate of drug-likeness (QED) is 0.428. The molecule has 0 saturated heterocycles. The van der Waals surface area contributed by atoms with Crippen LogP contribution in [-0.2, 0) is 17.4 Å². The second-order valence-corrected chi connectivity index (χ2v) is 6.92. The van der Waals surface area contributed by atoms with E-state index in [1.54, 1.807) is 0 Å². The van der Waals surface area contributed by atoms with E-state index < -0.39 is 17.6 Å². The van der Waals surface area contributed by atoms with Crippen molar-refractivity contribution < 1.29 is 18.0 Å². The Morgan fingerprint density at radius 1 is 1.19 bits per heavy atom. The van der Waals surface area contributed by atoms with Gasteiger partial charge in [-0.25, -0.2) is 4.68 Å². The Bertz CT molecular complexity index is 1160. The Labute approximate surface area is 182 Å². The molecule has 3 rings (SSSR count). The third-order valence-corrected chi connectivity index (χ3v) is 4.64. The smallest absolute Gasteiger partial charge is 0.382 e. The summed E-state index contributed by atoms with van der Waals surface area (Å²) in [6.45, 7) is 0.300. The molecular formula is C23H20F3N5O. The van der Waals surface area contributed by atoms with Crippen LogP contribution in [0.2, 0.25) is 0 Å². The number of benzene rings is 2. The molecular weight excluding hydrogens is 419 g/mol. The number of carbonyl (C=O) groups excluding carboxylic acids is 1. The average Bonchev–Trinajstić information content (AvgIpc) is 3.10. The summed E-state index contributed by atoms with van der Waals surface area (Å²) in [5.74, 6) is -0.181. The summed E-state index contributed by atoms with van der Waals surface area (Å²) in [7, 11) is 0. The van der Waals surface area contributed by atoms with Crippen molar-refractivity contribution in [1.82, 2.24) is 15.1 Å². The number of carbonyl (C=O) groups is 1.